The fourth-order valence-corrected chi connectivity index (χ4v) is 2.16. The highest BCUT2D eigenvalue weighted by atomic mass is 28.4. The second kappa shape index (κ2) is 6.43. The molecule has 0 N–H and O–H groups in total. The monoisotopic (exact) mass is 244 g/mol. The Morgan fingerprint density at radius 1 is 1.12 bits per heavy atom. The molecule has 96 valence electrons. The van der Waals surface area contributed by atoms with Gasteiger partial charge in [-0.1, -0.05) is 47.0 Å². The van der Waals surface area contributed by atoms with Gasteiger partial charge < -0.3 is 4.43 Å². The van der Waals surface area contributed by atoms with E-state index in [9.17, 15) is 4.79 Å². The molecule has 0 spiro atoms. The van der Waals surface area contributed by atoms with Gasteiger partial charge in [0.25, 0.3) is 14.3 Å². The van der Waals surface area contributed by atoms with Crippen LogP contribution >= 0.6 is 0 Å². The summed E-state index contributed by atoms with van der Waals surface area (Å²) in [5, 5.41) is 0.117. The van der Waals surface area contributed by atoms with E-state index < -0.39 is 8.32 Å². The van der Waals surface area contributed by atoms with Gasteiger partial charge in [0.1, 0.15) is 0 Å². The Morgan fingerprint density at radius 2 is 1.69 bits per heavy atom. The van der Waals surface area contributed by atoms with Crippen LogP contribution < -0.4 is 0 Å². The summed E-state index contributed by atoms with van der Waals surface area (Å²) in [6, 6.07) is 0. The summed E-state index contributed by atoms with van der Waals surface area (Å²) in [5.74, 6) is 0.00250. The second-order valence-corrected chi connectivity index (χ2v) is 10.8. The summed E-state index contributed by atoms with van der Waals surface area (Å²) in [7, 11) is -1.89. The Kier molecular flexibility index (Phi) is 6.30. The molecule has 0 aromatic heterocycles. The summed E-state index contributed by atoms with van der Waals surface area (Å²) in [6.45, 7) is 12.9. The highest BCUT2D eigenvalue weighted by molar-refractivity contribution is 6.75. The summed E-state index contributed by atoms with van der Waals surface area (Å²) < 4.78 is 5.68. The number of carbonyl (C=O) groups is 1. The molecule has 0 bridgehead atoms. The van der Waals surface area contributed by atoms with Crippen molar-refractivity contribution in [1.82, 2.24) is 0 Å². The Morgan fingerprint density at radius 3 is 2.12 bits per heavy atom. The molecule has 0 aromatic rings. The minimum absolute atomic E-state index is 0.00250. The van der Waals surface area contributed by atoms with Crippen molar-refractivity contribution in [2.45, 2.75) is 77.9 Å². The first-order valence-corrected chi connectivity index (χ1v) is 9.33. The zero-order valence-corrected chi connectivity index (χ0v) is 12.9. The first-order valence-electron chi connectivity index (χ1n) is 6.42. The van der Waals surface area contributed by atoms with Crippen LogP contribution in [0.4, 0.5) is 0 Å². The highest BCUT2D eigenvalue weighted by Gasteiger charge is 2.40. The lowest BCUT2D eigenvalue weighted by Gasteiger charge is -2.35. The molecule has 2 nitrogen and oxygen atoms in total. The van der Waals surface area contributed by atoms with Gasteiger partial charge in [-0.05, 0) is 24.6 Å². The van der Waals surface area contributed by atoms with E-state index in [-0.39, 0.29) is 11.0 Å². The Bertz CT molecular complexity index is 216. The van der Waals surface area contributed by atoms with Crippen molar-refractivity contribution in [1.29, 1.82) is 0 Å². The maximum atomic E-state index is 11.7. The Balaban J connectivity index is 3.96. The zero-order chi connectivity index (χ0) is 12.8. The standard InChI is InChI=1S/C13H28O2Si/c1-7-8-9-10-11-12(14)15-16(5,6)13(2,3)4/h7-11H2,1-6H3. The molecule has 0 radical (unpaired) electrons. The lowest BCUT2D eigenvalue weighted by Crippen LogP contribution is -2.42. The van der Waals surface area contributed by atoms with Crippen LogP contribution in [0.1, 0.15) is 59.8 Å². The minimum Gasteiger partial charge on any atom is -0.519 e. The molecule has 0 saturated carbocycles. The first kappa shape index (κ1) is 15.7. The van der Waals surface area contributed by atoms with Crippen LogP contribution in [0.15, 0.2) is 0 Å². The molecule has 0 aromatic carbocycles. The van der Waals surface area contributed by atoms with Gasteiger partial charge in [0, 0.05) is 6.42 Å². The topological polar surface area (TPSA) is 26.3 Å². The third kappa shape index (κ3) is 5.68. The van der Waals surface area contributed by atoms with Gasteiger partial charge >= 0.3 is 0 Å². The number of hydrogen-bond donors (Lipinski definition) is 0. The molecule has 16 heavy (non-hydrogen) atoms. The van der Waals surface area contributed by atoms with Gasteiger partial charge in [0.15, 0.2) is 0 Å². The second-order valence-electron chi connectivity index (χ2n) is 6.05. The Labute approximate surface area is 102 Å². The van der Waals surface area contributed by atoms with E-state index >= 15 is 0 Å². The van der Waals surface area contributed by atoms with Crippen molar-refractivity contribution in [3.63, 3.8) is 0 Å². The van der Waals surface area contributed by atoms with Crippen LogP contribution in [0.3, 0.4) is 0 Å². The molecule has 0 atom stereocenters. The number of carbonyl (C=O) groups excluding carboxylic acids is 1. The maximum Gasteiger partial charge on any atom is 0.292 e. The van der Waals surface area contributed by atoms with Crippen molar-refractivity contribution in [3.05, 3.63) is 0 Å². The lowest BCUT2D eigenvalue weighted by molar-refractivity contribution is -0.135. The van der Waals surface area contributed by atoms with Gasteiger partial charge in [0.2, 0.25) is 0 Å². The molecule has 0 rings (SSSR count). The van der Waals surface area contributed by atoms with Crippen molar-refractivity contribution in [2.24, 2.45) is 0 Å². The third-order valence-electron chi connectivity index (χ3n) is 3.41. The SMILES string of the molecule is CCCCCCC(=O)O[Si](C)(C)C(C)(C)C. The molecule has 0 unspecified atom stereocenters. The van der Waals surface area contributed by atoms with Crippen LogP contribution in [-0.2, 0) is 9.22 Å². The summed E-state index contributed by atoms with van der Waals surface area (Å²) in [4.78, 5) is 11.7. The van der Waals surface area contributed by atoms with Gasteiger partial charge in [0.05, 0.1) is 0 Å². The van der Waals surface area contributed by atoms with Crippen LogP contribution in [0.5, 0.6) is 0 Å². The highest BCUT2D eigenvalue weighted by Crippen LogP contribution is 2.36. The van der Waals surface area contributed by atoms with Crippen LogP contribution in [0.25, 0.3) is 0 Å². The van der Waals surface area contributed by atoms with E-state index in [4.69, 9.17) is 4.43 Å². The van der Waals surface area contributed by atoms with E-state index in [1.807, 2.05) is 0 Å². The predicted octanol–water partition coefficient (Wildman–Crippen LogP) is 4.51. The molecule has 0 amide bonds. The van der Waals surface area contributed by atoms with Crippen molar-refractivity contribution >= 4 is 14.3 Å². The lowest BCUT2D eigenvalue weighted by atomic mass is 10.2. The quantitative estimate of drug-likeness (QED) is 0.508. The van der Waals surface area contributed by atoms with Gasteiger partial charge in [-0.15, -0.1) is 0 Å². The van der Waals surface area contributed by atoms with E-state index in [2.05, 4.69) is 40.8 Å². The van der Waals surface area contributed by atoms with E-state index in [0.717, 1.165) is 12.8 Å². The largest absolute Gasteiger partial charge is 0.519 e. The van der Waals surface area contributed by atoms with Gasteiger partial charge in [-0.3, -0.25) is 4.79 Å². The average Bonchev–Trinajstić information content (AvgIpc) is 2.10. The number of unbranched alkanes of at least 4 members (excludes halogenated alkanes) is 3. The first-order chi connectivity index (χ1) is 7.20. The normalized spacial score (nSPS) is 12.6. The zero-order valence-electron chi connectivity index (χ0n) is 11.9. The molecule has 0 heterocycles. The predicted molar refractivity (Wildman–Crippen MR) is 72.0 cm³/mol. The molecule has 0 aliphatic carbocycles. The number of hydrogen-bond acceptors (Lipinski definition) is 2. The van der Waals surface area contributed by atoms with Crippen LogP contribution in [0.2, 0.25) is 18.1 Å². The van der Waals surface area contributed by atoms with E-state index in [1.54, 1.807) is 0 Å². The van der Waals surface area contributed by atoms with Gasteiger partial charge in [-0.25, -0.2) is 0 Å². The molecule has 0 saturated heterocycles. The van der Waals surface area contributed by atoms with Gasteiger partial charge in [-0.2, -0.15) is 0 Å². The summed E-state index contributed by atoms with van der Waals surface area (Å²) in [6.07, 6.45) is 5.13. The fraction of sp³-hybridized carbons (Fsp3) is 0.923. The van der Waals surface area contributed by atoms with Crippen molar-refractivity contribution < 1.29 is 9.22 Å². The summed E-state index contributed by atoms with van der Waals surface area (Å²) >= 11 is 0. The third-order valence-corrected chi connectivity index (χ3v) is 7.76. The van der Waals surface area contributed by atoms with Crippen LogP contribution in [0, 0.1) is 0 Å². The minimum atomic E-state index is -1.89. The average molecular weight is 244 g/mol. The Hall–Kier alpha value is -0.313. The van der Waals surface area contributed by atoms with E-state index in [1.165, 1.54) is 12.8 Å². The summed E-state index contributed by atoms with van der Waals surface area (Å²) in [5.41, 5.74) is 0. The maximum absolute atomic E-state index is 11.7. The number of rotatable bonds is 6. The molecule has 3 heteroatoms. The molecule has 0 fully saturated rings. The van der Waals surface area contributed by atoms with E-state index in [0.29, 0.717) is 6.42 Å². The van der Waals surface area contributed by atoms with Crippen molar-refractivity contribution in [2.75, 3.05) is 0 Å². The molecular formula is C13H28O2Si. The van der Waals surface area contributed by atoms with Crippen LogP contribution in [-0.4, -0.2) is 14.3 Å². The molecule has 0 aliphatic heterocycles. The smallest absolute Gasteiger partial charge is 0.292 e. The fourth-order valence-electron chi connectivity index (χ4n) is 1.18. The molecule has 0 aliphatic rings. The van der Waals surface area contributed by atoms with Crippen molar-refractivity contribution in [3.8, 4) is 0 Å². The molecular weight excluding hydrogens is 216 g/mol.